The second kappa shape index (κ2) is 5.16. The van der Waals surface area contributed by atoms with Gasteiger partial charge in [0.15, 0.2) is 5.65 Å². The van der Waals surface area contributed by atoms with Crippen molar-refractivity contribution < 1.29 is 0 Å². The maximum Gasteiger partial charge on any atom is 0.226 e. The molecule has 8 nitrogen and oxygen atoms in total. The van der Waals surface area contributed by atoms with Crippen LogP contribution in [0.5, 0.6) is 0 Å². The minimum absolute atomic E-state index is 0.577. The molecule has 0 fully saturated rings. The summed E-state index contributed by atoms with van der Waals surface area (Å²) in [6, 6.07) is 1.96. The second-order valence-electron chi connectivity index (χ2n) is 4.39. The molecule has 3 N–H and O–H groups in total. The Bertz CT molecular complexity index is 713. The number of aromatic amines is 1. The molecule has 0 saturated heterocycles. The van der Waals surface area contributed by atoms with Gasteiger partial charge < -0.3 is 10.6 Å². The first-order valence-electron chi connectivity index (χ1n) is 6.43. The molecule has 3 heterocycles. The summed E-state index contributed by atoms with van der Waals surface area (Å²) in [5.41, 5.74) is 1.66. The molecular formula is C12H16N8. The second-order valence-corrected chi connectivity index (χ2v) is 4.39. The van der Waals surface area contributed by atoms with E-state index in [2.05, 4.69) is 35.9 Å². The van der Waals surface area contributed by atoms with Gasteiger partial charge in [-0.25, -0.2) is 0 Å². The summed E-state index contributed by atoms with van der Waals surface area (Å²) in [7, 11) is 1.89. The first kappa shape index (κ1) is 12.4. The zero-order valence-corrected chi connectivity index (χ0v) is 11.4. The van der Waals surface area contributed by atoms with Crippen molar-refractivity contribution in [1.29, 1.82) is 0 Å². The maximum atomic E-state index is 4.46. The number of rotatable bonds is 5. The van der Waals surface area contributed by atoms with Crippen molar-refractivity contribution in [2.24, 2.45) is 7.05 Å². The number of H-pyrrole nitrogens is 1. The van der Waals surface area contributed by atoms with Crippen molar-refractivity contribution in [1.82, 2.24) is 29.9 Å². The van der Waals surface area contributed by atoms with Gasteiger partial charge in [0.1, 0.15) is 5.82 Å². The van der Waals surface area contributed by atoms with Crippen LogP contribution in [0.15, 0.2) is 18.5 Å². The SMILES string of the molecule is CCNc1nc(NCc2ccn(C)n2)c2cn[nH]c2n1. The van der Waals surface area contributed by atoms with Gasteiger partial charge in [-0.05, 0) is 13.0 Å². The van der Waals surface area contributed by atoms with Crippen molar-refractivity contribution in [2.75, 3.05) is 17.2 Å². The molecule has 0 atom stereocenters. The fraction of sp³-hybridized carbons (Fsp3) is 0.333. The van der Waals surface area contributed by atoms with Crippen LogP contribution in [0.2, 0.25) is 0 Å². The molecule has 3 aromatic heterocycles. The van der Waals surface area contributed by atoms with Crippen LogP contribution >= 0.6 is 0 Å². The van der Waals surface area contributed by atoms with E-state index in [4.69, 9.17) is 0 Å². The third-order valence-electron chi connectivity index (χ3n) is 2.85. The molecule has 104 valence electrons. The molecule has 0 spiro atoms. The summed E-state index contributed by atoms with van der Waals surface area (Å²) >= 11 is 0. The van der Waals surface area contributed by atoms with Crippen molar-refractivity contribution >= 4 is 22.8 Å². The van der Waals surface area contributed by atoms with Gasteiger partial charge >= 0.3 is 0 Å². The minimum Gasteiger partial charge on any atom is -0.364 e. The first-order chi connectivity index (χ1) is 9.76. The predicted molar refractivity (Wildman–Crippen MR) is 76.4 cm³/mol. The van der Waals surface area contributed by atoms with E-state index >= 15 is 0 Å². The minimum atomic E-state index is 0.577. The van der Waals surface area contributed by atoms with Crippen molar-refractivity contribution in [3.8, 4) is 0 Å². The Hall–Kier alpha value is -2.64. The molecule has 0 unspecified atom stereocenters. The monoisotopic (exact) mass is 272 g/mol. The average Bonchev–Trinajstić information content (AvgIpc) is 3.05. The molecule has 0 bridgehead atoms. The lowest BCUT2D eigenvalue weighted by Gasteiger charge is -2.07. The summed E-state index contributed by atoms with van der Waals surface area (Å²) in [4.78, 5) is 8.80. The van der Waals surface area contributed by atoms with Crippen LogP contribution in [0.1, 0.15) is 12.6 Å². The summed E-state index contributed by atoms with van der Waals surface area (Å²) in [5, 5.41) is 18.4. The molecule has 0 saturated carbocycles. The van der Waals surface area contributed by atoms with E-state index in [1.807, 2.05) is 26.2 Å². The third kappa shape index (κ3) is 2.40. The van der Waals surface area contributed by atoms with Gasteiger partial charge in [-0.1, -0.05) is 0 Å². The Labute approximate surface area is 115 Å². The smallest absolute Gasteiger partial charge is 0.226 e. The third-order valence-corrected chi connectivity index (χ3v) is 2.85. The first-order valence-corrected chi connectivity index (χ1v) is 6.43. The molecule has 20 heavy (non-hydrogen) atoms. The molecule has 0 radical (unpaired) electrons. The molecule has 3 rings (SSSR count). The van der Waals surface area contributed by atoms with Crippen LogP contribution < -0.4 is 10.6 Å². The standard InChI is InChI=1S/C12H16N8/c1-3-13-12-16-10(9-7-15-18-11(9)17-12)14-6-8-4-5-20(2)19-8/h4-5,7H,3,6H2,1-2H3,(H3,13,14,15,16,17,18). The number of hydrogen-bond donors (Lipinski definition) is 3. The number of anilines is 2. The highest BCUT2D eigenvalue weighted by Crippen LogP contribution is 2.20. The lowest BCUT2D eigenvalue weighted by molar-refractivity contribution is 0.747. The van der Waals surface area contributed by atoms with E-state index in [9.17, 15) is 0 Å². The summed E-state index contributed by atoms with van der Waals surface area (Å²) in [6.07, 6.45) is 3.63. The number of hydrogen-bond acceptors (Lipinski definition) is 6. The van der Waals surface area contributed by atoms with Gasteiger partial charge in [0.05, 0.1) is 23.8 Å². The van der Waals surface area contributed by atoms with Crippen molar-refractivity contribution in [2.45, 2.75) is 13.5 Å². The van der Waals surface area contributed by atoms with Crippen LogP contribution in [0.3, 0.4) is 0 Å². The van der Waals surface area contributed by atoms with E-state index in [-0.39, 0.29) is 0 Å². The number of aromatic nitrogens is 6. The summed E-state index contributed by atoms with van der Waals surface area (Å²) in [6.45, 7) is 3.37. The van der Waals surface area contributed by atoms with Gasteiger partial charge in [0, 0.05) is 19.8 Å². The number of nitrogens with zero attached hydrogens (tertiary/aromatic N) is 5. The van der Waals surface area contributed by atoms with Crippen molar-refractivity contribution in [3.63, 3.8) is 0 Å². The zero-order chi connectivity index (χ0) is 13.9. The Kier molecular flexibility index (Phi) is 3.20. The Morgan fingerprint density at radius 2 is 2.20 bits per heavy atom. The van der Waals surface area contributed by atoms with Gasteiger partial charge in [-0.2, -0.15) is 20.2 Å². The van der Waals surface area contributed by atoms with E-state index in [1.54, 1.807) is 10.9 Å². The molecule has 0 aliphatic heterocycles. The van der Waals surface area contributed by atoms with Gasteiger partial charge in [0.25, 0.3) is 0 Å². The number of aryl methyl sites for hydroxylation is 1. The highest BCUT2D eigenvalue weighted by molar-refractivity contribution is 5.86. The highest BCUT2D eigenvalue weighted by atomic mass is 15.3. The summed E-state index contributed by atoms with van der Waals surface area (Å²) in [5.74, 6) is 1.32. The van der Waals surface area contributed by atoms with E-state index in [0.29, 0.717) is 18.1 Å². The fourth-order valence-corrected chi connectivity index (χ4v) is 1.94. The normalized spacial score (nSPS) is 10.9. The fourth-order valence-electron chi connectivity index (χ4n) is 1.94. The maximum absolute atomic E-state index is 4.46. The van der Waals surface area contributed by atoms with Crippen LogP contribution in [0.4, 0.5) is 11.8 Å². The van der Waals surface area contributed by atoms with Crippen LogP contribution in [0, 0.1) is 0 Å². The van der Waals surface area contributed by atoms with Crippen LogP contribution in [-0.2, 0) is 13.6 Å². The Balaban J connectivity index is 1.87. The largest absolute Gasteiger partial charge is 0.364 e. The molecule has 0 aliphatic carbocycles. The number of nitrogens with one attached hydrogen (secondary N) is 3. The quantitative estimate of drug-likeness (QED) is 0.644. The lowest BCUT2D eigenvalue weighted by Crippen LogP contribution is -2.07. The van der Waals surface area contributed by atoms with Gasteiger partial charge in [-0.3, -0.25) is 9.78 Å². The molecular weight excluding hydrogens is 256 g/mol. The van der Waals surface area contributed by atoms with Gasteiger partial charge in [-0.15, -0.1) is 0 Å². The van der Waals surface area contributed by atoms with Gasteiger partial charge in [0.2, 0.25) is 5.95 Å². The zero-order valence-electron chi connectivity index (χ0n) is 11.4. The lowest BCUT2D eigenvalue weighted by atomic mass is 10.3. The van der Waals surface area contributed by atoms with Crippen LogP contribution in [-0.4, -0.2) is 36.5 Å². The molecule has 0 aromatic carbocycles. The summed E-state index contributed by atoms with van der Waals surface area (Å²) < 4.78 is 1.77. The van der Waals surface area contributed by atoms with E-state index < -0.39 is 0 Å². The van der Waals surface area contributed by atoms with Crippen molar-refractivity contribution in [3.05, 3.63) is 24.2 Å². The molecule has 8 heteroatoms. The highest BCUT2D eigenvalue weighted by Gasteiger charge is 2.09. The molecule has 0 aliphatic rings. The topological polar surface area (TPSA) is 96.3 Å². The molecule has 0 amide bonds. The molecule has 3 aromatic rings. The Morgan fingerprint density at radius 1 is 1.30 bits per heavy atom. The average molecular weight is 272 g/mol. The number of fused-ring (bicyclic) bond motifs is 1. The van der Waals surface area contributed by atoms with Crippen LogP contribution in [0.25, 0.3) is 11.0 Å². The Morgan fingerprint density at radius 3 is 2.95 bits per heavy atom. The predicted octanol–water partition coefficient (Wildman–Crippen LogP) is 1.13. The van der Waals surface area contributed by atoms with E-state index in [1.165, 1.54) is 0 Å². The van der Waals surface area contributed by atoms with E-state index in [0.717, 1.165) is 23.4 Å².